The molecule has 1 aromatic rings. The molecule has 0 unspecified atom stereocenters. The summed E-state index contributed by atoms with van der Waals surface area (Å²) < 4.78 is 0. The number of anilines is 1. The third-order valence-corrected chi connectivity index (χ3v) is 5.40. The molecule has 2 heterocycles. The van der Waals surface area contributed by atoms with E-state index < -0.39 is 5.41 Å². The number of ketones is 1. The van der Waals surface area contributed by atoms with E-state index in [4.69, 9.17) is 0 Å². The van der Waals surface area contributed by atoms with Crippen molar-refractivity contribution in [1.29, 1.82) is 5.26 Å². The highest BCUT2D eigenvalue weighted by Crippen LogP contribution is 2.52. The summed E-state index contributed by atoms with van der Waals surface area (Å²) in [5.41, 5.74) is -0.406. The molecule has 2 atom stereocenters. The average Bonchev–Trinajstić information content (AvgIpc) is 2.50. The van der Waals surface area contributed by atoms with Crippen molar-refractivity contribution in [3.05, 3.63) is 29.7 Å². The second kappa shape index (κ2) is 5.16. The van der Waals surface area contributed by atoms with Crippen LogP contribution in [0, 0.1) is 35.0 Å². The highest BCUT2D eigenvalue weighted by molar-refractivity contribution is 6.04. The number of fused-ring (bicyclic) bond motifs is 1. The van der Waals surface area contributed by atoms with Gasteiger partial charge in [-0.15, -0.1) is 0 Å². The second-order valence-corrected chi connectivity index (χ2v) is 7.45. The third-order valence-electron chi connectivity index (χ3n) is 5.40. The van der Waals surface area contributed by atoms with E-state index in [9.17, 15) is 10.1 Å². The van der Waals surface area contributed by atoms with Crippen molar-refractivity contribution in [2.24, 2.45) is 16.7 Å². The van der Waals surface area contributed by atoms with Gasteiger partial charge in [-0.3, -0.25) is 4.79 Å². The lowest BCUT2D eigenvalue weighted by molar-refractivity contribution is -0.130. The summed E-state index contributed by atoms with van der Waals surface area (Å²) in [6.07, 6.45) is 4.58. The van der Waals surface area contributed by atoms with Crippen molar-refractivity contribution >= 4 is 11.6 Å². The summed E-state index contributed by atoms with van der Waals surface area (Å²) in [6, 6.07) is 4.02. The Morgan fingerprint density at radius 3 is 2.78 bits per heavy atom. The summed E-state index contributed by atoms with van der Waals surface area (Å²) >= 11 is 0. The van der Waals surface area contributed by atoms with Gasteiger partial charge in [0.15, 0.2) is 5.78 Å². The Morgan fingerprint density at radius 2 is 2.13 bits per heavy atom. The van der Waals surface area contributed by atoms with Crippen LogP contribution in [0.1, 0.15) is 33.0 Å². The smallest absolute Gasteiger partial charge is 0.178 e. The van der Waals surface area contributed by atoms with Crippen molar-refractivity contribution in [3.63, 3.8) is 0 Å². The number of Topliss-reactive ketones (excluding diaryl/α,β-unsaturated/α-hetero) is 1. The van der Waals surface area contributed by atoms with Crippen molar-refractivity contribution in [2.75, 3.05) is 18.0 Å². The maximum absolute atomic E-state index is 12.5. The molecule has 23 heavy (non-hydrogen) atoms. The van der Waals surface area contributed by atoms with Gasteiger partial charge < -0.3 is 4.90 Å². The molecule has 120 valence electrons. The van der Waals surface area contributed by atoms with Crippen LogP contribution in [0.15, 0.2) is 23.9 Å². The average molecular weight is 310 g/mol. The third kappa shape index (κ3) is 2.42. The van der Waals surface area contributed by atoms with E-state index in [2.05, 4.69) is 27.9 Å². The van der Waals surface area contributed by atoms with Gasteiger partial charge in [-0.25, -0.2) is 9.97 Å². The van der Waals surface area contributed by atoms with Crippen molar-refractivity contribution in [3.8, 4) is 6.07 Å². The van der Waals surface area contributed by atoms with E-state index in [0.717, 1.165) is 31.2 Å². The Bertz CT molecular complexity index is 731. The molecule has 0 bridgehead atoms. The number of nitrogens with zero attached hydrogens (tertiary/aromatic N) is 4. The predicted octanol–water partition coefficient (Wildman–Crippen LogP) is 2.68. The zero-order valence-electron chi connectivity index (χ0n) is 14.1. The molecular weight excluding hydrogens is 288 g/mol. The fourth-order valence-electron chi connectivity index (χ4n) is 4.35. The molecule has 5 nitrogen and oxygen atoms in total. The zero-order chi connectivity index (χ0) is 16.8. The molecule has 2 aliphatic rings. The molecule has 1 fully saturated rings. The first-order valence-corrected chi connectivity index (χ1v) is 8.00. The number of hydrogen-bond donors (Lipinski definition) is 0. The van der Waals surface area contributed by atoms with E-state index in [1.165, 1.54) is 0 Å². The van der Waals surface area contributed by atoms with E-state index in [0.29, 0.717) is 5.57 Å². The highest BCUT2D eigenvalue weighted by atomic mass is 16.1. The van der Waals surface area contributed by atoms with Crippen LogP contribution in [-0.2, 0) is 4.79 Å². The molecule has 3 rings (SSSR count). The molecule has 0 amide bonds. The van der Waals surface area contributed by atoms with Crippen LogP contribution in [0.25, 0.3) is 0 Å². The van der Waals surface area contributed by atoms with E-state index in [1.807, 2.05) is 32.9 Å². The minimum absolute atomic E-state index is 0.0196. The maximum Gasteiger partial charge on any atom is 0.178 e. The second-order valence-electron chi connectivity index (χ2n) is 7.45. The van der Waals surface area contributed by atoms with Gasteiger partial charge in [-0.2, -0.15) is 5.26 Å². The maximum atomic E-state index is 12.5. The Morgan fingerprint density at radius 1 is 1.39 bits per heavy atom. The van der Waals surface area contributed by atoms with Gasteiger partial charge in [0.2, 0.25) is 0 Å². The Balaban J connectivity index is 1.99. The van der Waals surface area contributed by atoms with Crippen LogP contribution in [0.4, 0.5) is 5.82 Å². The molecule has 0 N–H and O–H groups in total. The number of aromatic nitrogens is 2. The van der Waals surface area contributed by atoms with Gasteiger partial charge >= 0.3 is 0 Å². The van der Waals surface area contributed by atoms with Crippen LogP contribution in [-0.4, -0.2) is 28.8 Å². The Kier molecular flexibility index (Phi) is 3.51. The summed E-state index contributed by atoms with van der Waals surface area (Å²) in [5.74, 6) is 1.88. The van der Waals surface area contributed by atoms with Gasteiger partial charge in [-0.1, -0.05) is 26.8 Å². The summed E-state index contributed by atoms with van der Waals surface area (Å²) in [6.45, 7) is 9.62. The Labute approximate surface area is 137 Å². The molecule has 5 heteroatoms. The lowest BCUT2D eigenvalue weighted by Crippen LogP contribution is -2.56. The topological polar surface area (TPSA) is 69.9 Å². The highest BCUT2D eigenvalue weighted by Gasteiger charge is 2.53. The number of hydrogen-bond acceptors (Lipinski definition) is 5. The standard InChI is InChI=1S/C18H22N4O/c1-12-20-7-5-15(21-12)22-8-6-14-17(2,3)16(23)13(10-19)9-18(14,4)11-22/h5,7,9,14H,6,8,11H2,1-4H3/t14-,18-/m0/s1. The molecule has 0 radical (unpaired) electrons. The fourth-order valence-corrected chi connectivity index (χ4v) is 4.35. The normalized spacial score (nSPS) is 29.5. The number of carbonyl (C=O) groups excluding carboxylic acids is 1. The minimum atomic E-state index is -0.498. The minimum Gasteiger partial charge on any atom is -0.356 e. The molecule has 0 aromatic carbocycles. The summed E-state index contributed by atoms with van der Waals surface area (Å²) in [5, 5.41) is 9.34. The van der Waals surface area contributed by atoms with Crippen LogP contribution in [0.5, 0.6) is 0 Å². The van der Waals surface area contributed by atoms with Gasteiger partial charge in [-0.05, 0) is 25.3 Å². The number of piperidine rings is 1. The van der Waals surface area contributed by atoms with E-state index >= 15 is 0 Å². The first-order chi connectivity index (χ1) is 10.8. The number of nitriles is 1. The van der Waals surface area contributed by atoms with Crippen LogP contribution < -0.4 is 4.90 Å². The van der Waals surface area contributed by atoms with E-state index in [1.54, 1.807) is 6.20 Å². The molecule has 1 saturated heterocycles. The molecule has 0 spiro atoms. The SMILES string of the molecule is Cc1nccc(N2CC[C@H]3C(C)(C)C(=O)C(C#N)=C[C@@]3(C)C2)n1. The number of rotatable bonds is 1. The van der Waals surface area contributed by atoms with Crippen LogP contribution in [0.2, 0.25) is 0 Å². The van der Waals surface area contributed by atoms with Crippen molar-refractivity contribution in [1.82, 2.24) is 9.97 Å². The quantitative estimate of drug-likeness (QED) is 0.797. The first kappa shape index (κ1) is 15.7. The van der Waals surface area contributed by atoms with Gasteiger partial charge in [0, 0.05) is 30.1 Å². The lowest BCUT2D eigenvalue weighted by atomic mass is 9.55. The largest absolute Gasteiger partial charge is 0.356 e. The Hall–Kier alpha value is -2.22. The van der Waals surface area contributed by atoms with Crippen molar-refractivity contribution < 1.29 is 4.79 Å². The summed E-state index contributed by atoms with van der Waals surface area (Å²) in [7, 11) is 0. The van der Waals surface area contributed by atoms with E-state index in [-0.39, 0.29) is 17.1 Å². The van der Waals surface area contributed by atoms with Gasteiger partial charge in [0.25, 0.3) is 0 Å². The predicted molar refractivity (Wildman–Crippen MR) is 87.7 cm³/mol. The van der Waals surface area contributed by atoms with Crippen LogP contribution >= 0.6 is 0 Å². The molecule has 1 aromatic heterocycles. The fraction of sp³-hybridized carbons (Fsp3) is 0.556. The van der Waals surface area contributed by atoms with Crippen LogP contribution in [0.3, 0.4) is 0 Å². The van der Waals surface area contributed by atoms with Gasteiger partial charge in [0.05, 0.1) is 5.57 Å². The zero-order valence-corrected chi connectivity index (χ0v) is 14.1. The molecular formula is C18H22N4O. The van der Waals surface area contributed by atoms with Crippen molar-refractivity contribution in [2.45, 2.75) is 34.1 Å². The molecule has 1 aliphatic heterocycles. The molecule has 0 saturated carbocycles. The van der Waals surface area contributed by atoms with Gasteiger partial charge in [0.1, 0.15) is 17.7 Å². The monoisotopic (exact) mass is 310 g/mol. The lowest BCUT2D eigenvalue weighted by Gasteiger charge is -2.53. The summed E-state index contributed by atoms with van der Waals surface area (Å²) in [4.78, 5) is 23.5. The number of carbonyl (C=O) groups is 1. The molecule has 1 aliphatic carbocycles. The number of allylic oxidation sites excluding steroid dienone is 1. The number of aryl methyl sites for hydroxylation is 1. The first-order valence-electron chi connectivity index (χ1n) is 8.00.